The van der Waals surface area contributed by atoms with E-state index in [1.165, 1.54) is 5.56 Å². The molecule has 0 spiro atoms. The van der Waals surface area contributed by atoms with Gasteiger partial charge in [-0.25, -0.2) is 0 Å². The van der Waals surface area contributed by atoms with Gasteiger partial charge in [0.15, 0.2) is 6.10 Å². The van der Waals surface area contributed by atoms with Gasteiger partial charge in [-0.1, -0.05) is 6.07 Å². The van der Waals surface area contributed by atoms with Crippen LogP contribution in [0.5, 0.6) is 17.2 Å². The number of rotatable bonds is 6. The molecule has 24 heavy (non-hydrogen) atoms. The molecule has 5 heteroatoms. The Balaban J connectivity index is 2.09. The molecule has 0 aliphatic rings. The number of aryl methyl sites for hydroxylation is 2. The Morgan fingerprint density at radius 3 is 2.29 bits per heavy atom. The van der Waals surface area contributed by atoms with E-state index in [4.69, 9.17) is 14.2 Å². The van der Waals surface area contributed by atoms with Gasteiger partial charge in [0.25, 0.3) is 5.91 Å². The maximum Gasteiger partial charge on any atom is 0.265 e. The van der Waals surface area contributed by atoms with Crippen molar-refractivity contribution in [3.8, 4) is 17.2 Å². The van der Waals surface area contributed by atoms with Crippen LogP contribution in [-0.4, -0.2) is 26.2 Å². The van der Waals surface area contributed by atoms with Crippen LogP contribution in [0, 0.1) is 13.8 Å². The summed E-state index contributed by atoms with van der Waals surface area (Å²) >= 11 is 0. The van der Waals surface area contributed by atoms with Crippen molar-refractivity contribution in [1.29, 1.82) is 0 Å². The van der Waals surface area contributed by atoms with Crippen LogP contribution in [0.25, 0.3) is 0 Å². The van der Waals surface area contributed by atoms with Gasteiger partial charge in [0.2, 0.25) is 0 Å². The predicted octanol–water partition coefficient (Wildman–Crippen LogP) is 3.73. The molecule has 0 saturated heterocycles. The molecule has 0 aromatic heterocycles. The summed E-state index contributed by atoms with van der Waals surface area (Å²) in [5, 5.41) is 2.81. The highest BCUT2D eigenvalue weighted by atomic mass is 16.5. The quantitative estimate of drug-likeness (QED) is 0.877. The van der Waals surface area contributed by atoms with E-state index in [1.807, 2.05) is 32.0 Å². The minimum atomic E-state index is -0.650. The summed E-state index contributed by atoms with van der Waals surface area (Å²) in [6, 6.07) is 11.0. The Morgan fingerprint density at radius 2 is 1.67 bits per heavy atom. The molecule has 1 amide bonds. The number of hydrogen-bond acceptors (Lipinski definition) is 4. The molecule has 0 heterocycles. The van der Waals surface area contributed by atoms with Crippen LogP contribution in [0.15, 0.2) is 36.4 Å². The van der Waals surface area contributed by atoms with Crippen molar-refractivity contribution in [2.75, 3.05) is 19.5 Å². The van der Waals surface area contributed by atoms with Crippen LogP contribution in [-0.2, 0) is 4.79 Å². The van der Waals surface area contributed by atoms with Crippen molar-refractivity contribution in [2.24, 2.45) is 0 Å². The normalized spacial score (nSPS) is 11.5. The van der Waals surface area contributed by atoms with Gasteiger partial charge >= 0.3 is 0 Å². The zero-order valence-electron chi connectivity index (χ0n) is 14.7. The number of hydrogen-bond donors (Lipinski definition) is 1. The van der Waals surface area contributed by atoms with Gasteiger partial charge in [-0.15, -0.1) is 0 Å². The van der Waals surface area contributed by atoms with Crippen molar-refractivity contribution in [2.45, 2.75) is 26.9 Å². The third kappa shape index (κ3) is 4.19. The predicted molar refractivity (Wildman–Crippen MR) is 94.2 cm³/mol. The minimum absolute atomic E-state index is 0.264. The van der Waals surface area contributed by atoms with E-state index >= 15 is 0 Å². The number of methoxy groups -OCH3 is 2. The number of ether oxygens (including phenoxy) is 3. The van der Waals surface area contributed by atoms with Crippen LogP contribution in [0.4, 0.5) is 5.69 Å². The minimum Gasteiger partial charge on any atom is -0.497 e. The molecule has 5 nitrogen and oxygen atoms in total. The fourth-order valence-corrected chi connectivity index (χ4v) is 2.19. The van der Waals surface area contributed by atoms with Crippen molar-refractivity contribution in [3.05, 3.63) is 47.5 Å². The topological polar surface area (TPSA) is 56.8 Å². The average molecular weight is 329 g/mol. The van der Waals surface area contributed by atoms with Gasteiger partial charge in [0.1, 0.15) is 17.2 Å². The molecular formula is C19H23NO4. The molecule has 0 saturated carbocycles. The van der Waals surface area contributed by atoms with E-state index in [0.717, 1.165) is 5.56 Å². The van der Waals surface area contributed by atoms with Crippen LogP contribution in [0.2, 0.25) is 0 Å². The van der Waals surface area contributed by atoms with Crippen molar-refractivity contribution >= 4 is 11.6 Å². The van der Waals surface area contributed by atoms with Crippen molar-refractivity contribution < 1.29 is 19.0 Å². The first-order valence-electron chi connectivity index (χ1n) is 7.71. The Labute approximate surface area is 142 Å². The van der Waals surface area contributed by atoms with Crippen molar-refractivity contribution in [1.82, 2.24) is 0 Å². The SMILES string of the molecule is COc1ccc(OC)c(NC(=O)[C@@H](C)Oc2ccc(C)c(C)c2)c1. The van der Waals surface area contributed by atoms with Gasteiger partial charge in [0.05, 0.1) is 19.9 Å². The fraction of sp³-hybridized carbons (Fsp3) is 0.316. The van der Waals surface area contributed by atoms with Gasteiger partial charge < -0.3 is 19.5 Å². The van der Waals surface area contributed by atoms with E-state index in [0.29, 0.717) is 22.9 Å². The number of amides is 1. The lowest BCUT2D eigenvalue weighted by Crippen LogP contribution is -2.30. The second-order valence-electron chi connectivity index (χ2n) is 5.56. The van der Waals surface area contributed by atoms with E-state index in [-0.39, 0.29) is 5.91 Å². The number of nitrogens with one attached hydrogen (secondary N) is 1. The zero-order chi connectivity index (χ0) is 17.7. The largest absolute Gasteiger partial charge is 0.497 e. The molecule has 1 atom stereocenters. The molecule has 1 N–H and O–H groups in total. The lowest BCUT2D eigenvalue weighted by atomic mass is 10.1. The summed E-state index contributed by atoms with van der Waals surface area (Å²) < 4.78 is 16.2. The standard InChI is InChI=1S/C19H23NO4/c1-12-6-7-16(10-13(12)2)24-14(3)19(21)20-17-11-15(22-4)8-9-18(17)23-5/h6-11,14H,1-5H3,(H,20,21)/t14-/m1/s1. The third-order valence-corrected chi connectivity index (χ3v) is 3.82. The first-order valence-corrected chi connectivity index (χ1v) is 7.71. The van der Waals surface area contributed by atoms with Crippen LogP contribution in [0.1, 0.15) is 18.1 Å². The van der Waals surface area contributed by atoms with E-state index in [2.05, 4.69) is 5.32 Å². The third-order valence-electron chi connectivity index (χ3n) is 3.82. The highest BCUT2D eigenvalue weighted by Gasteiger charge is 2.17. The number of carbonyl (C=O) groups excluding carboxylic acids is 1. The molecule has 0 unspecified atom stereocenters. The molecule has 0 aliphatic heterocycles. The highest BCUT2D eigenvalue weighted by Crippen LogP contribution is 2.29. The molecule has 0 fully saturated rings. The summed E-state index contributed by atoms with van der Waals surface area (Å²) in [6.45, 7) is 5.75. The first-order chi connectivity index (χ1) is 11.4. The number of carbonyl (C=O) groups is 1. The van der Waals surface area contributed by atoms with Gasteiger partial charge in [0, 0.05) is 6.07 Å². The Kier molecular flexibility index (Phi) is 5.68. The van der Waals surface area contributed by atoms with E-state index in [9.17, 15) is 4.79 Å². The summed E-state index contributed by atoms with van der Waals surface area (Å²) in [4.78, 5) is 12.4. The second-order valence-corrected chi connectivity index (χ2v) is 5.56. The second kappa shape index (κ2) is 7.73. The highest BCUT2D eigenvalue weighted by molar-refractivity contribution is 5.95. The molecule has 128 valence electrons. The monoisotopic (exact) mass is 329 g/mol. The molecular weight excluding hydrogens is 306 g/mol. The smallest absolute Gasteiger partial charge is 0.265 e. The summed E-state index contributed by atoms with van der Waals surface area (Å²) in [7, 11) is 3.12. The molecule has 2 aromatic rings. The van der Waals surface area contributed by atoms with Gasteiger partial charge in [-0.05, 0) is 56.2 Å². The van der Waals surface area contributed by atoms with Crippen molar-refractivity contribution in [3.63, 3.8) is 0 Å². The molecule has 2 rings (SSSR count). The Morgan fingerprint density at radius 1 is 0.958 bits per heavy atom. The average Bonchev–Trinajstić information content (AvgIpc) is 2.58. The lowest BCUT2D eigenvalue weighted by molar-refractivity contribution is -0.122. The van der Waals surface area contributed by atoms with Crippen LogP contribution >= 0.6 is 0 Å². The summed E-state index contributed by atoms with van der Waals surface area (Å²) in [5.41, 5.74) is 2.84. The molecule has 0 radical (unpaired) electrons. The van der Waals surface area contributed by atoms with E-state index < -0.39 is 6.10 Å². The number of benzene rings is 2. The van der Waals surface area contributed by atoms with Gasteiger partial charge in [-0.3, -0.25) is 4.79 Å². The summed E-state index contributed by atoms with van der Waals surface area (Å²) in [5.74, 6) is 1.59. The maximum atomic E-state index is 12.4. The van der Waals surface area contributed by atoms with Gasteiger partial charge in [-0.2, -0.15) is 0 Å². The Bertz CT molecular complexity index is 727. The fourth-order valence-electron chi connectivity index (χ4n) is 2.19. The maximum absolute atomic E-state index is 12.4. The molecule has 0 bridgehead atoms. The molecule has 0 aliphatic carbocycles. The van der Waals surface area contributed by atoms with Crippen LogP contribution < -0.4 is 19.5 Å². The van der Waals surface area contributed by atoms with E-state index in [1.54, 1.807) is 39.3 Å². The van der Waals surface area contributed by atoms with Crippen LogP contribution in [0.3, 0.4) is 0 Å². The Hall–Kier alpha value is -2.69. The zero-order valence-corrected chi connectivity index (χ0v) is 14.7. The summed E-state index contributed by atoms with van der Waals surface area (Å²) in [6.07, 6.45) is -0.650. The lowest BCUT2D eigenvalue weighted by Gasteiger charge is -2.17. The molecule has 2 aromatic carbocycles. The number of anilines is 1. The first kappa shape index (κ1) is 17.7.